The molecule has 3 rings (SSSR count). The lowest BCUT2D eigenvalue weighted by atomic mass is 10.0. The highest BCUT2D eigenvalue weighted by Gasteiger charge is 2.20. The molecule has 2 aromatic carbocycles. The van der Waals surface area contributed by atoms with E-state index in [2.05, 4.69) is 4.98 Å². The lowest BCUT2D eigenvalue weighted by Gasteiger charge is -2.10. The van der Waals surface area contributed by atoms with Crippen LogP contribution >= 0.6 is 69.6 Å². The van der Waals surface area contributed by atoms with Gasteiger partial charge >= 0.3 is 0 Å². The molecule has 0 fully saturated rings. The van der Waals surface area contributed by atoms with Crippen molar-refractivity contribution in [2.75, 3.05) is 0 Å². The summed E-state index contributed by atoms with van der Waals surface area (Å²) >= 11 is 36.2. The van der Waals surface area contributed by atoms with Crippen LogP contribution in [0.1, 0.15) is 0 Å². The number of pyridine rings is 1. The molecule has 0 atom stereocenters. The van der Waals surface area contributed by atoms with Crippen LogP contribution in [0.5, 0.6) is 0 Å². The molecular weight excluding hydrogens is 477 g/mol. The highest BCUT2D eigenvalue weighted by Crippen LogP contribution is 2.40. The Morgan fingerprint density at radius 2 is 1.19 bits per heavy atom. The first-order valence-corrected chi connectivity index (χ1v) is 9.40. The first-order chi connectivity index (χ1) is 12.7. The van der Waals surface area contributed by atoms with Crippen LogP contribution in [0.2, 0.25) is 30.1 Å². The molecule has 138 valence electrons. The van der Waals surface area contributed by atoms with Gasteiger partial charge in [0.15, 0.2) is 0 Å². The summed E-state index contributed by atoms with van der Waals surface area (Å²) in [5.41, 5.74) is 1.39. The van der Waals surface area contributed by atoms with Crippen molar-refractivity contribution in [2.45, 2.75) is 0 Å². The van der Waals surface area contributed by atoms with Crippen LogP contribution in [0.3, 0.4) is 0 Å². The maximum Gasteiger partial charge on any atom is 0.295 e. The maximum absolute atomic E-state index is 11.4. The minimum atomic E-state index is -0.551. The first-order valence-electron chi connectivity index (χ1n) is 7.13. The fourth-order valence-electron chi connectivity index (χ4n) is 2.40. The normalized spacial score (nSPS) is 10.9. The molecule has 0 amide bonds. The number of nitrogens with zero attached hydrogens (tertiary/aromatic N) is 2. The van der Waals surface area contributed by atoms with Crippen molar-refractivity contribution in [1.82, 2.24) is 4.98 Å². The van der Waals surface area contributed by atoms with Crippen LogP contribution in [0.4, 0.5) is 5.69 Å². The Labute approximate surface area is 183 Å². The fourth-order valence-corrected chi connectivity index (χ4v) is 3.59. The number of hydrogen-bond acceptors (Lipinski definition) is 3. The second kappa shape index (κ2) is 8.00. The van der Waals surface area contributed by atoms with Gasteiger partial charge in [0.25, 0.3) is 5.69 Å². The summed E-state index contributed by atoms with van der Waals surface area (Å²) in [6, 6.07) is 7.63. The Morgan fingerprint density at radius 3 is 1.63 bits per heavy atom. The zero-order valence-corrected chi connectivity index (χ0v) is 17.5. The molecule has 0 radical (unpaired) electrons. The van der Waals surface area contributed by atoms with Gasteiger partial charge in [0.2, 0.25) is 0 Å². The molecule has 3 aromatic rings. The van der Waals surface area contributed by atoms with Crippen molar-refractivity contribution < 1.29 is 4.92 Å². The average Bonchev–Trinajstić information content (AvgIpc) is 2.62. The summed E-state index contributed by atoms with van der Waals surface area (Å²) in [5.74, 6) is 0. The van der Waals surface area contributed by atoms with Gasteiger partial charge in [0.05, 0.1) is 46.3 Å². The van der Waals surface area contributed by atoms with E-state index in [0.717, 1.165) is 6.20 Å². The van der Waals surface area contributed by atoms with Gasteiger partial charge in [0, 0.05) is 5.56 Å². The van der Waals surface area contributed by atoms with Crippen molar-refractivity contribution >= 4 is 75.3 Å². The van der Waals surface area contributed by atoms with E-state index in [4.69, 9.17) is 69.6 Å². The summed E-state index contributed by atoms with van der Waals surface area (Å²) in [4.78, 5) is 15.0. The smallest absolute Gasteiger partial charge is 0.258 e. The largest absolute Gasteiger partial charge is 0.295 e. The van der Waals surface area contributed by atoms with Gasteiger partial charge in [-0.05, 0) is 35.9 Å². The van der Waals surface area contributed by atoms with Crippen LogP contribution < -0.4 is 0 Å². The van der Waals surface area contributed by atoms with E-state index in [1.54, 1.807) is 12.1 Å². The lowest BCUT2D eigenvalue weighted by Crippen LogP contribution is -1.96. The Balaban J connectivity index is 2.25. The molecule has 0 aliphatic rings. The van der Waals surface area contributed by atoms with Gasteiger partial charge in [-0.25, -0.2) is 4.98 Å². The van der Waals surface area contributed by atoms with Crippen molar-refractivity contribution in [1.29, 1.82) is 0 Å². The minimum Gasteiger partial charge on any atom is -0.258 e. The van der Waals surface area contributed by atoms with Crippen LogP contribution in [-0.2, 0) is 0 Å². The third-order valence-electron chi connectivity index (χ3n) is 3.65. The molecule has 0 bridgehead atoms. The number of aromatic nitrogens is 1. The monoisotopic (exact) mass is 480 g/mol. The molecule has 0 unspecified atom stereocenters. The van der Waals surface area contributed by atoms with Crippen LogP contribution in [0.15, 0.2) is 36.5 Å². The third kappa shape index (κ3) is 4.11. The Morgan fingerprint density at radius 1 is 0.741 bits per heavy atom. The van der Waals surface area contributed by atoms with Crippen molar-refractivity contribution in [3.8, 4) is 22.4 Å². The molecule has 0 spiro atoms. The maximum atomic E-state index is 11.4. The van der Waals surface area contributed by atoms with E-state index in [-0.39, 0.29) is 41.4 Å². The highest BCUT2D eigenvalue weighted by molar-refractivity contribution is 6.49. The van der Waals surface area contributed by atoms with Crippen molar-refractivity contribution in [3.63, 3.8) is 0 Å². The Hall–Kier alpha value is -1.27. The number of halogens is 6. The molecule has 27 heavy (non-hydrogen) atoms. The van der Waals surface area contributed by atoms with E-state index >= 15 is 0 Å². The Bertz CT molecular complexity index is 1040. The van der Waals surface area contributed by atoms with Gasteiger partial charge in [0.1, 0.15) is 6.20 Å². The molecule has 0 aliphatic carbocycles. The van der Waals surface area contributed by atoms with E-state index < -0.39 is 4.92 Å². The zero-order chi connectivity index (χ0) is 19.9. The number of nitro groups is 1. The second-order valence-electron chi connectivity index (χ2n) is 5.35. The molecule has 4 nitrogen and oxygen atoms in total. The molecule has 1 heterocycles. The molecule has 10 heteroatoms. The van der Waals surface area contributed by atoms with Gasteiger partial charge in [-0.1, -0.05) is 69.6 Å². The molecule has 1 aromatic heterocycles. The van der Waals surface area contributed by atoms with Gasteiger partial charge in [-0.3, -0.25) is 10.1 Å². The summed E-state index contributed by atoms with van der Waals surface area (Å²) in [7, 11) is 0. The van der Waals surface area contributed by atoms with E-state index in [9.17, 15) is 10.1 Å². The van der Waals surface area contributed by atoms with Gasteiger partial charge < -0.3 is 0 Å². The second-order valence-corrected chi connectivity index (χ2v) is 7.74. The third-order valence-corrected chi connectivity index (χ3v) is 6.05. The van der Waals surface area contributed by atoms with Gasteiger partial charge in [-0.15, -0.1) is 0 Å². The number of rotatable bonds is 3. The van der Waals surface area contributed by atoms with E-state index in [1.807, 2.05) is 0 Å². The Kier molecular flexibility index (Phi) is 6.06. The van der Waals surface area contributed by atoms with Crippen LogP contribution in [0, 0.1) is 10.1 Å². The van der Waals surface area contributed by atoms with E-state index in [0.29, 0.717) is 16.8 Å². The highest BCUT2D eigenvalue weighted by atomic mass is 35.5. The first kappa shape index (κ1) is 20.5. The quantitative estimate of drug-likeness (QED) is 0.214. The zero-order valence-electron chi connectivity index (χ0n) is 12.9. The SMILES string of the molecule is O=[N+]([O-])c1cnc(-c2cc(Cl)c(Cl)c(Cl)c2)cc1-c1cc(Cl)c(Cl)c(Cl)c1. The molecular formula is C17H6Cl6N2O2. The molecule has 0 aliphatic heterocycles. The predicted octanol–water partition coefficient (Wildman–Crippen LogP) is 8.24. The van der Waals surface area contributed by atoms with Crippen LogP contribution in [0.25, 0.3) is 22.4 Å². The predicted molar refractivity (Wildman–Crippen MR) is 112 cm³/mol. The molecule has 0 saturated carbocycles. The number of benzene rings is 2. The summed E-state index contributed by atoms with van der Waals surface area (Å²) in [6.45, 7) is 0. The fraction of sp³-hybridized carbons (Fsp3) is 0. The average molecular weight is 483 g/mol. The van der Waals surface area contributed by atoms with Crippen molar-refractivity contribution in [2.24, 2.45) is 0 Å². The lowest BCUT2D eigenvalue weighted by molar-refractivity contribution is -0.384. The summed E-state index contributed by atoms with van der Waals surface area (Å²) < 4.78 is 0. The summed E-state index contributed by atoms with van der Waals surface area (Å²) in [5, 5.41) is 12.6. The molecule has 0 saturated heterocycles. The van der Waals surface area contributed by atoms with Crippen molar-refractivity contribution in [3.05, 3.63) is 76.8 Å². The summed E-state index contributed by atoms with van der Waals surface area (Å²) in [6.07, 6.45) is 1.14. The number of hydrogen-bond donors (Lipinski definition) is 0. The van der Waals surface area contributed by atoms with Gasteiger partial charge in [-0.2, -0.15) is 0 Å². The standard InChI is InChI=1S/C17H6Cl6N2O2/c18-10-1-7(2-11(19)16(10)22)9-5-14(24-6-15(9)25(26)27)8-3-12(20)17(23)13(21)4-8/h1-6H. The van der Waals surface area contributed by atoms with E-state index in [1.165, 1.54) is 18.2 Å². The minimum absolute atomic E-state index is 0.162. The topological polar surface area (TPSA) is 56.0 Å². The van der Waals surface area contributed by atoms with Crippen LogP contribution in [-0.4, -0.2) is 9.91 Å². The molecule has 0 N–H and O–H groups in total.